The lowest BCUT2D eigenvalue weighted by atomic mass is 10.2. The number of nitrogens with zero attached hydrogens (tertiary/aromatic N) is 2. The molecule has 0 atom stereocenters. The van der Waals surface area contributed by atoms with Crippen LogP contribution in [0.3, 0.4) is 0 Å². The fourth-order valence-electron chi connectivity index (χ4n) is 1.77. The Kier molecular flexibility index (Phi) is 5.41. The molecule has 2 amide bonds. The van der Waals surface area contributed by atoms with Gasteiger partial charge >= 0.3 is 11.8 Å². The van der Waals surface area contributed by atoms with E-state index in [2.05, 4.69) is 19.2 Å². The minimum Gasteiger partial charge on any atom is -0.336 e. The van der Waals surface area contributed by atoms with Crippen LogP contribution in [0, 0.1) is 5.92 Å². The van der Waals surface area contributed by atoms with Gasteiger partial charge in [-0.2, -0.15) is 0 Å². The number of piperazine rings is 1. The Morgan fingerprint density at radius 2 is 1.94 bits per heavy atom. The highest BCUT2D eigenvalue weighted by Crippen LogP contribution is 2.03. The van der Waals surface area contributed by atoms with E-state index in [1.165, 1.54) is 4.90 Å². The van der Waals surface area contributed by atoms with Crippen molar-refractivity contribution in [3.05, 3.63) is 0 Å². The molecule has 0 aliphatic carbocycles. The summed E-state index contributed by atoms with van der Waals surface area (Å²) in [4.78, 5) is 26.2. The smallest absolute Gasteiger partial charge is 0.312 e. The number of nitrogens with one attached hydrogen (secondary N) is 1. The summed E-state index contributed by atoms with van der Waals surface area (Å²) in [7, 11) is 1.67. The molecular weight excluding hydrogens is 218 g/mol. The maximum Gasteiger partial charge on any atom is 0.312 e. The summed E-state index contributed by atoms with van der Waals surface area (Å²) in [5.41, 5.74) is 0. The van der Waals surface area contributed by atoms with E-state index in [0.29, 0.717) is 25.6 Å². The summed E-state index contributed by atoms with van der Waals surface area (Å²) in [5, 5.41) is 3.33. The monoisotopic (exact) mass is 241 g/mol. The van der Waals surface area contributed by atoms with Crippen LogP contribution < -0.4 is 5.32 Å². The molecule has 0 bridgehead atoms. The number of carbonyl (C=O) groups excluding carboxylic acids is 2. The maximum absolute atomic E-state index is 11.6. The molecule has 5 heteroatoms. The van der Waals surface area contributed by atoms with E-state index in [4.69, 9.17) is 0 Å². The normalized spacial score (nSPS) is 17.2. The predicted octanol–water partition coefficient (Wildman–Crippen LogP) is -0.0773. The summed E-state index contributed by atoms with van der Waals surface area (Å²) in [6.45, 7) is 8.19. The third kappa shape index (κ3) is 4.34. The van der Waals surface area contributed by atoms with E-state index in [-0.39, 0.29) is 11.8 Å². The van der Waals surface area contributed by atoms with Crippen LogP contribution in [0.1, 0.15) is 20.3 Å². The van der Waals surface area contributed by atoms with E-state index in [9.17, 15) is 9.59 Å². The van der Waals surface area contributed by atoms with Crippen LogP contribution in [0.5, 0.6) is 0 Å². The zero-order chi connectivity index (χ0) is 12.8. The van der Waals surface area contributed by atoms with Gasteiger partial charge in [-0.15, -0.1) is 0 Å². The minimum atomic E-state index is -0.383. The van der Waals surface area contributed by atoms with Crippen LogP contribution >= 0.6 is 0 Å². The molecule has 1 rings (SSSR count). The van der Waals surface area contributed by atoms with Crippen LogP contribution in [0.15, 0.2) is 0 Å². The lowest BCUT2D eigenvalue weighted by Crippen LogP contribution is -2.53. The molecule has 1 saturated heterocycles. The molecular formula is C12H23N3O2. The number of hydrogen-bond acceptors (Lipinski definition) is 3. The van der Waals surface area contributed by atoms with Gasteiger partial charge in [0.15, 0.2) is 0 Å². The van der Waals surface area contributed by atoms with E-state index in [1.54, 1.807) is 11.9 Å². The molecule has 0 radical (unpaired) electrons. The summed E-state index contributed by atoms with van der Waals surface area (Å²) in [6, 6.07) is 0. The number of amides is 2. The summed E-state index contributed by atoms with van der Waals surface area (Å²) in [6.07, 6.45) is 0.898. The Morgan fingerprint density at radius 1 is 1.24 bits per heavy atom. The first kappa shape index (κ1) is 14.0. The highest BCUT2D eigenvalue weighted by atomic mass is 16.2. The van der Waals surface area contributed by atoms with Gasteiger partial charge in [-0.1, -0.05) is 13.8 Å². The first-order valence-corrected chi connectivity index (χ1v) is 6.27. The molecule has 0 saturated carbocycles. The lowest BCUT2D eigenvalue weighted by Gasteiger charge is -2.31. The van der Waals surface area contributed by atoms with Crippen molar-refractivity contribution in [2.24, 2.45) is 5.92 Å². The summed E-state index contributed by atoms with van der Waals surface area (Å²) < 4.78 is 0. The fraction of sp³-hybridized carbons (Fsp3) is 0.833. The Morgan fingerprint density at radius 3 is 2.59 bits per heavy atom. The van der Waals surface area contributed by atoms with Crippen molar-refractivity contribution < 1.29 is 9.59 Å². The largest absolute Gasteiger partial charge is 0.336 e. The van der Waals surface area contributed by atoms with Crippen LogP contribution in [0.2, 0.25) is 0 Å². The van der Waals surface area contributed by atoms with Crippen molar-refractivity contribution in [1.29, 1.82) is 0 Å². The molecule has 0 aromatic carbocycles. The SMILES string of the molecule is CC(C)CNCCCN1CCN(C)C(=O)C1=O. The predicted molar refractivity (Wildman–Crippen MR) is 66.5 cm³/mol. The molecule has 0 unspecified atom stereocenters. The van der Waals surface area contributed by atoms with Crippen molar-refractivity contribution in [3.8, 4) is 0 Å². The molecule has 5 nitrogen and oxygen atoms in total. The third-order valence-electron chi connectivity index (χ3n) is 2.86. The number of likely N-dealkylation sites (N-methyl/N-ethyl adjacent to an activating group) is 1. The Hall–Kier alpha value is -1.10. The molecule has 0 aromatic heterocycles. The molecule has 98 valence electrons. The molecule has 17 heavy (non-hydrogen) atoms. The van der Waals surface area contributed by atoms with Gasteiger partial charge in [0.2, 0.25) is 0 Å². The van der Waals surface area contributed by atoms with E-state index in [0.717, 1.165) is 19.5 Å². The van der Waals surface area contributed by atoms with Gasteiger partial charge in [0.25, 0.3) is 0 Å². The number of carbonyl (C=O) groups is 2. The van der Waals surface area contributed by atoms with Crippen LogP contribution in [-0.4, -0.2) is 61.4 Å². The van der Waals surface area contributed by atoms with Gasteiger partial charge in [0.1, 0.15) is 0 Å². The highest BCUT2D eigenvalue weighted by Gasteiger charge is 2.29. The average molecular weight is 241 g/mol. The van der Waals surface area contributed by atoms with Crippen molar-refractivity contribution in [2.45, 2.75) is 20.3 Å². The highest BCUT2D eigenvalue weighted by molar-refractivity contribution is 6.35. The first-order chi connectivity index (χ1) is 8.02. The number of hydrogen-bond donors (Lipinski definition) is 1. The van der Waals surface area contributed by atoms with Gasteiger partial charge < -0.3 is 15.1 Å². The third-order valence-corrected chi connectivity index (χ3v) is 2.86. The molecule has 1 heterocycles. The zero-order valence-corrected chi connectivity index (χ0v) is 11.0. The standard InChI is InChI=1S/C12H23N3O2/c1-10(2)9-13-5-4-6-15-8-7-14(3)11(16)12(15)17/h10,13H,4-9H2,1-3H3. The van der Waals surface area contributed by atoms with Gasteiger partial charge in [-0.3, -0.25) is 9.59 Å². The van der Waals surface area contributed by atoms with E-state index >= 15 is 0 Å². The number of rotatable bonds is 6. The topological polar surface area (TPSA) is 52.6 Å². The molecule has 1 aliphatic rings. The summed E-state index contributed by atoms with van der Waals surface area (Å²) >= 11 is 0. The fourth-order valence-corrected chi connectivity index (χ4v) is 1.77. The maximum atomic E-state index is 11.6. The van der Waals surface area contributed by atoms with Crippen LogP contribution in [-0.2, 0) is 9.59 Å². The van der Waals surface area contributed by atoms with Crippen molar-refractivity contribution in [2.75, 3.05) is 39.8 Å². The molecule has 1 aliphatic heterocycles. The van der Waals surface area contributed by atoms with Crippen molar-refractivity contribution >= 4 is 11.8 Å². The molecule has 0 aromatic rings. The van der Waals surface area contributed by atoms with Crippen molar-refractivity contribution in [1.82, 2.24) is 15.1 Å². The molecule has 0 spiro atoms. The summed E-state index contributed by atoms with van der Waals surface area (Å²) in [5.74, 6) is -0.101. The zero-order valence-electron chi connectivity index (χ0n) is 11.0. The van der Waals surface area contributed by atoms with E-state index in [1.807, 2.05) is 0 Å². The Labute approximate surface area is 103 Å². The van der Waals surface area contributed by atoms with E-state index < -0.39 is 0 Å². The van der Waals surface area contributed by atoms with Crippen LogP contribution in [0.25, 0.3) is 0 Å². The van der Waals surface area contributed by atoms with Crippen LogP contribution in [0.4, 0.5) is 0 Å². The first-order valence-electron chi connectivity index (χ1n) is 6.27. The lowest BCUT2D eigenvalue weighted by molar-refractivity contribution is -0.154. The van der Waals surface area contributed by atoms with Gasteiger partial charge in [-0.05, 0) is 25.4 Å². The van der Waals surface area contributed by atoms with Gasteiger partial charge in [0.05, 0.1) is 0 Å². The van der Waals surface area contributed by atoms with Gasteiger partial charge in [-0.25, -0.2) is 0 Å². The van der Waals surface area contributed by atoms with Gasteiger partial charge in [0, 0.05) is 26.7 Å². The Bertz CT molecular complexity index is 279. The Balaban J connectivity index is 2.19. The molecule has 1 fully saturated rings. The second-order valence-corrected chi connectivity index (χ2v) is 4.97. The minimum absolute atomic E-state index is 0.359. The second kappa shape index (κ2) is 6.59. The van der Waals surface area contributed by atoms with Crippen molar-refractivity contribution in [3.63, 3.8) is 0 Å². The quantitative estimate of drug-likeness (QED) is 0.523. The molecule has 1 N–H and O–H groups in total. The average Bonchev–Trinajstić information content (AvgIpc) is 2.28. The second-order valence-electron chi connectivity index (χ2n) is 4.97.